The number of amides is 2. The van der Waals surface area contributed by atoms with E-state index in [-0.39, 0.29) is 18.0 Å². The maximum Gasteiger partial charge on any atom is 0.409 e. The molecule has 3 fully saturated rings. The minimum absolute atomic E-state index is 0.0161. The molecule has 3 aliphatic rings. The van der Waals surface area contributed by atoms with Gasteiger partial charge in [0.15, 0.2) is 0 Å². The lowest BCUT2D eigenvalue weighted by atomic mass is 10.0. The summed E-state index contributed by atoms with van der Waals surface area (Å²) >= 11 is 0. The highest BCUT2D eigenvalue weighted by Crippen LogP contribution is 2.35. The molecule has 45 heavy (non-hydrogen) atoms. The van der Waals surface area contributed by atoms with E-state index < -0.39 is 0 Å². The maximum atomic E-state index is 13.0. The Morgan fingerprint density at radius 1 is 0.956 bits per heavy atom. The number of piperidine rings is 1. The summed E-state index contributed by atoms with van der Waals surface area (Å²) in [5, 5.41) is 4.15. The van der Waals surface area contributed by atoms with Gasteiger partial charge in [0.1, 0.15) is 17.2 Å². The third-order valence-corrected chi connectivity index (χ3v) is 9.52. The van der Waals surface area contributed by atoms with Gasteiger partial charge in [-0.3, -0.25) is 9.69 Å². The number of hydrogen-bond acceptors (Lipinski definition) is 9. The molecule has 2 saturated heterocycles. The predicted octanol–water partition coefficient (Wildman–Crippen LogP) is 4.91. The number of aromatic nitrogens is 4. The monoisotopic (exact) mass is 617 g/mol. The number of carbonyl (C=O) groups is 2. The highest BCUT2D eigenvalue weighted by Gasteiger charge is 2.30. The number of piperazine rings is 1. The van der Waals surface area contributed by atoms with E-state index in [2.05, 4.69) is 42.6 Å². The van der Waals surface area contributed by atoms with Crippen molar-refractivity contribution in [3.8, 4) is 0 Å². The largest absolute Gasteiger partial charge is 0.449 e. The van der Waals surface area contributed by atoms with E-state index in [0.717, 1.165) is 107 Å². The number of carbonyl (C=O) groups excluding carboxylic acids is 2. The summed E-state index contributed by atoms with van der Waals surface area (Å²) in [6.45, 7) is 8.04. The fourth-order valence-corrected chi connectivity index (χ4v) is 6.91. The zero-order valence-corrected chi connectivity index (χ0v) is 27.0. The Morgan fingerprint density at radius 2 is 1.71 bits per heavy atom. The van der Waals surface area contributed by atoms with E-state index in [1.807, 2.05) is 23.2 Å². The van der Waals surface area contributed by atoms with Crippen LogP contribution in [0.5, 0.6) is 0 Å². The van der Waals surface area contributed by atoms with E-state index in [9.17, 15) is 9.59 Å². The van der Waals surface area contributed by atoms with Gasteiger partial charge in [-0.1, -0.05) is 26.2 Å². The molecule has 2 aliphatic heterocycles. The summed E-state index contributed by atoms with van der Waals surface area (Å²) in [5.74, 6) is 1.13. The number of ether oxygens (including phenoxy) is 1. The molecule has 2 amide bonds. The Kier molecular flexibility index (Phi) is 9.67. The van der Waals surface area contributed by atoms with Crippen molar-refractivity contribution in [3.05, 3.63) is 36.3 Å². The number of rotatable bonds is 9. The molecule has 12 heteroatoms. The summed E-state index contributed by atoms with van der Waals surface area (Å²) in [5.41, 5.74) is 2.56. The highest BCUT2D eigenvalue weighted by atomic mass is 16.6. The molecule has 1 aliphatic carbocycles. The van der Waals surface area contributed by atoms with Gasteiger partial charge in [-0.15, -0.1) is 0 Å². The van der Waals surface area contributed by atoms with Crippen molar-refractivity contribution in [2.45, 2.75) is 70.4 Å². The minimum Gasteiger partial charge on any atom is -0.449 e. The molecule has 0 unspecified atom stereocenters. The number of nitrogens with zero attached hydrogens (tertiary/aromatic N) is 8. The molecule has 3 aromatic rings. The van der Waals surface area contributed by atoms with E-state index >= 15 is 0 Å². The number of fused-ring (bicyclic) bond motifs is 1. The molecule has 242 valence electrons. The van der Waals surface area contributed by atoms with Crippen LogP contribution in [-0.2, 0) is 4.74 Å². The minimum atomic E-state index is -0.159. The molecule has 6 rings (SSSR count). The lowest BCUT2D eigenvalue weighted by Crippen LogP contribution is -2.53. The van der Waals surface area contributed by atoms with Crippen molar-refractivity contribution < 1.29 is 14.3 Å². The van der Waals surface area contributed by atoms with Crippen molar-refractivity contribution in [2.75, 3.05) is 70.2 Å². The van der Waals surface area contributed by atoms with Crippen LogP contribution in [0, 0.1) is 0 Å². The number of anilines is 3. The Morgan fingerprint density at radius 3 is 2.38 bits per heavy atom. The number of pyridine rings is 1. The van der Waals surface area contributed by atoms with Crippen LogP contribution in [0.4, 0.5) is 22.2 Å². The summed E-state index contributed by atoms with van der Waals surface area (Å²) < 4.78 is 7.52. The van der Waals surface area contributed by atoms with Crippen molar-refractivity contribution >= 4 is 40.5 Å². The lowest BCUT2D eigenvalue weighted by Gasteiger charge is -2.43. The second kappa shape index (κ2) is 14.0. The molecule has 0 spiro atoms. The molecular weight excluding hydrogens is 570 g/mol. The van der Waals surface area contributed by atoms with Crippen molar-refractivity contribution in [1.82, 2.24) is 34.2 Å². The van der Waals surface area contributed by atoms with Crippen LogP contribution in [0.1, 0.15) is 74.8 Å². The van der Waals surface area contributed by atoms with Crippen molar-refractivity contribution in [2.24, 2.45) is 0 Å². The standard InChI is InChI=1S/C33H47N9O3/c1-4-5-20-45-33(44)41-14-12-25(13-15-41)39-16-18-40(19-17-39)27-10-11-29(34-23-27)36-32-35-22-24-21-28(31(43)38(2)3)42(30(24)37-32)26-8-6-7-9-26/h10-11,21-23,25-26H,4-9,12-20H2,1-3H3,(H,34,35,36,37). The summed E-state index contributed by atoms with van der Waals surface area (Å²) in [6, 6.07) is 6.78. The Balaban J connectivity index is 1.04. The van der Waals surface area contributed by atoms with Crippen LogP contribution < -0.4 is 10.2 Å². The van der Waals surface area contributed by atoms with Gasteiger partial charge in [0.2, 0.25) is 5.95 Å². The van der Waals surface area contributed by atoms with Crippen LogP contribution in [-0.4, -0.2) is 112 Å². The predicted molar refractivity (Wildman–Crippen MR) is 175 cm³/mol. The first-order valence-electron chi connectivity index (χ1n) is 16.6. The molecule has 3 aromatic heterocycles. The molecule has 0 aromatic carbocycles. The van der Waals surface area contributed by atoms with E-state index in [1.54, 1.807) is 25.2 Å². The lowest BCUT2D eigenvalue weighted by molar-refractivity contribution is 0.0695. The Labute approximate surface area is 265 Å². The van der Waals surface area contributed by atoms with Gasteiger partial charge in [-0.25, -0.2) is 14.8 Å². The first kappa shape index (κ1) is 31.1. The molecule has 0 atom stereocenters. The fourth-order valence-electron chi connectivity index (χ4n) is 6.91. The van der Waals surface area contributed by atoms with Gasteiger partial charge in [0.25, 0.3) is 5.91 Å². The molecule has 0 radical (unpaired) electrons. The number of unbranched alkanes of at least 4 members (excludes halogenated alkanes) is 1. The maximum absolute atomic E-state index is 13.0. The van der Waals surface area contributed by atoms with Crippen molar-refractivity contribution in [3.63, 3.8) is 0 Å². The second-order valence-corrected chi connectivity index (χ2v) is 12.7. The van der Waals surface area contributed by atoms with Crippen LogP contribution in [0.25, 0.3) is 11.0 Å². The molecule has 0 bridgehead atoms. The normalized spacial score (nSPS) is 18.5. The van der Waals surface area contributed by atoms with Crippen LogP contribution in [0.3, 0.4) is 0 Å². The number of likely N-dealkylation sites (tertiary alicyclic amines) is 1. The first-order chi connectivity index (χ1) is 21.9. The van der Waals surface area contributed by atoms with Gasteiger partial charge in [0, 0.05) is 77.0 Å². The average Bonchev–Trinajstić information content (AvgIpc) is 3.73. The van der Waals surface area contributed by atoms with Gasteiger partial charge >= 0.3 is 6.09 Å². The third kappa shape index (κ3) is 7.00. The topological polar surface area (TPSA) is 112 Å². The zero-order chi connectivity index (χ0) is 31.3. The van der Waals surface area contributed by atoms with Crippen LogP contribution in [0.15, 0.2) is 30.6 Å². The molecular formula is C33H47N9O3. The van der Waals surface area contributed by atoms with Crippen LogP contribution in [0.2, 0.25) is 0 Å². The smallest absolute Gasteiger partial charge is 0.409 e. The van der Waals surface area contributed by atoms with Crippen LogP contribution >= 0.6 is 0 Å². The number of hydrogen-bond donors (Lipinski definition) is 1. The van der Waals surface area contributed by atoms with Gasteiger partial charge in [-0.05, 0) is 50.3 Å². The summed E-state index contributed by atoms with van der Waals surface area (Å²) in [4.78, 5) is 47.8. The first-order valence-corrected chi connectivity index (χ1v) is 16.6. The second-order valence-electron chi connectivity index (χ2n) is 12.7. The summed E-state index contributed by atoms with van der Waals surface area (Å²) in [6.07, 6.45) is 11.9. The fraction of sp³-hybridized carbons (Fsp3) is 0.606. The highest BCUT2D eigenvalue weighted by molar-refractivity contribution is 5.97. The molecule has 1 saturated carbocycles. The number of nitrogens with one attached hydrogen (secondary N) is 1. The summed E-state index contributed by atoms with van der Waals surface area (Å²) in [7, 11) is 3.57. The third-order valence-electron chi connectivity index (χ3n) is 9.52. The molecule has 5 heterocycles. The van der Waals surface area contributed by atoms with Crippen molar-refractivity contribution in [1.29, 1.82) is 0 Å². The molecule has 12 nitrogen and oxygen atoms in total. The molecule has 1 N–H and O–H groups in total. The van der Waals surface area contributed by atoms with Gasteiger partial charge in [0.05, 0.1) is 18.5 Å². The van der Waals surface area contributed by atoms with Gasteiger partial charge < -0.3 is 29.3 Å². The van der Waals surface area contributed by atoms with Gasteiger partial charge in [-0.2, -0.15) is 4.98 Å². The average molecular weight is 618 g/mol. The quantitative estimate of drug-likeness (QED) is 0.335. The van der Waals surface area contributed by atoms with E-state index in [4.69, 9.17) is 9.72 Å². The van der Waals surface area contributed by atoms with E-state index in [1.165, 1.54) is 0 Å². The van der Waals surface area contributed by atoms with E-state index in [0.29, 0.717) is 30.1 Å². The zero-order valence-electron chi connectivity index (χ0n) is 27.0. The Bertz CT molecular complexity index is 1450. The Hall–Kier alpha value is -3.93. The SMILES string of the molecule is CCCCOC(=O)N1CCC(N2CCN(c3ccc(Nc4ncc5cc(C(=O)N(C)C)n(C6CCCC6)c5n4)nc3)CC2)CC1.